The first-order valence-corrected chi connectivity index (χ1v) is 6.12. The molecular weight excluding hydrogens is 224 g/mol. The molecule has 18 heavy (non-hydrogen) atoms. The Balaban J connectivity index is 1.91. The van der Waals surface area contributed by atoms with E-state index < -0.39 is 0 Å². The van der Waals surface area contributed by atoms with Gasteiger partial charge < -0.3 is 9.64 Å². The van der Waals surface area contributed by atoms with E-state index in [1.807, 2.05) is 18.2 Å². The third-order valence-corrected chi connectivity index (χ3v) is 3.39. The van der Waals surface area contributed by atoms with Crippen molar-refractivity contribution in [3.8, 4) is 5.75 Å². The van der Waals surface area contributed by atoms with Gasteiger partial charge in [0.05, 0.1) is 19.7 Å². The second-order valence-electron chi connectivity index (χ2n) is 4.59. The summed E-state index contributed by atoms with van der Waals surface area (Å²) in [4.78, 5) is 6.91. The van der Waals surface area contributed by atoms with Crippen LogP contribution in [0.1, 0.15) is 17.2 Å². The highest BCUT2D eigenvalue weighted by atomic mass is 16.5. The normalized spacial score (nSPS) is 20.9. The largest absolute Gasteiger partial charge is 0.496 e. The molecule has 0 radical (unpaired) electrons. The monoisotopic (exact) mass is 240 g/mol. The molecule has 0 aliphatic carbocycles. The molecular formula is C15H16N2O. The second-order valence-corrected chi connectivity index (χ2v) is 4.59. The van der Waals surface area contributed by atoms with Crippen LogP contribution in [0, 0.1) is 6.92 Å². The molecule has 3 heteroatoms. The maximum atomic E-state index is 5.37. The van der Waals surface area contributed by atoms with E-state index in [9.17, 15) is 0 Å². The van der Waals surface area contributed by atoms with Gasteiger partial charge in [-0.1, -0.05) is 18.2 Å². The van der Waals surface area contributed by atoms with Gasteiger partial charge in [0.1, 0.15) is 11.6 Å². The highest BCUT2D eigenvalue weighted by Crippen LogP contribution is 2.30. The Bertz CT molecular complexity index is 558. The SMILES string of the molecule is COc1cc(C2CN3C=CC=CC3=N2)ccc1C. The van der Waals surface area contributed by atoms with E-state index in [0.717, 1.165) is 23.7 Å². The maximum absolute atomic E-state index is 5.37. The summed E-state index contributed by atoms with van der Waals surface area (Å²) in [5, 5.41) is 0. The molecule has 0 spiro atoms. The lowest BCUT2D eigenvalue weighted by molar-refractivity contribution is 0.410. The fourth-order valence-corrected chi connectivity index (χ4v) is 2.35. The van der Waals surface area contributed by atoms with Crippen LogP contribution in [0.25, 0.3) is 0 Å². The molecule has 0 N–H and O–H groups in total. The van der Waals surface area contributed by atoms with Crippen molar-refractivity contribution >= 4 is 5.84 Å². The van der Waals surface area contributed by atoms with Gasteiger partial charge >= 0.3 is 0 Å². The van der Waals surface area contributed by atoms with E-state index in [0.29, 0.717) is 0 Å². The van der Waals surface area contributed by atoms with Crippen LogP contribution in [-0.2, 0) is 0 Å². The fraction of sp³-hybridized carbons (Fsp3) is 0.267. The van der Waals surface area contributed by atoms with Crippen molar-refractivity contribution in [2.24, 2.45) is 4.99 Å². The lowest BCUT2D eigenvalue weighted by atomic mass is 10.0. The summed E-state index contributed by atoms with van der Waals surface area (Å²) in [7, 11) is 1.71. The number of allylic oxidation sites excluding steroid dienone is 2. The maximum Gasteiger partial charge on any atom is 0.128 e. The van der Waals surface area contributed by atoms with Crippen LogP contribution in [-0.4, -0.2) is 24.4 Å². The number of aliphatic imine (C=N–C) groups is 1. The summed E-state index contributed by atoms with van der Waals surface area (Å²) in [5.74, 6) is 1.98. The highest BCUT2D eigenvalue weighted by molar-refractivity contribution is 5.96. The van der Waals surface area contributed by atoms with E-state index in [2.05, 4.69) is 36.2 Å². The molecule has 0 fully saturated rings. The molecule has 3 rings (SSSR count). The molecule has 1 aromatic rings. The van der Waals surface area contributed by atoms with Crippen LogP contribution in [0.15, 0.2) is 47.6 Å². The van der Waals surface area contributed by atoms with Gasteiger partial charge in [-0.15, -0.1) is 0 Å². The molecule has 0 amide bonds. The number of methoxy groups -OCH3 is 1. The Labute approximate surface area is 107 Å². The molecule has 2 heterocycles. The zero-order valence-corrected chi connectivity index (χ0v) is 10.6. The van der Waals surface area contributed by atoms with Gasteiger partial charge in [-0.2, -0.15) is 0 Å². The van der Waals surface area contributed by atoms with Crippen LogP contribution in [0.5, 0.6) is 5.75 Å². The molecule has 1 aromatic carbocycles. The molecule has 3 nitrogen and oxygen atoms in total. The average molecular weight is 240 g/mol. The van der Waals surface area contributed by atoms with Crippen LogP contribution < -0.4 is 4.74 Å². The molecule has 92 valence electrons. The van der Waals surface area contributed by atoms with Crippen LogP contribution in [0.3, 0.4) is 0 Å². The fourth-order valence-electron chi connectivity index (χ4n) is 2.35. The van der Waals surface area contributed by atoms with Crippen molar-refractivity contribution in [2.75, 3.05) is 13.7 Å². The summed E-state index contributed by atoms with van der Waals surface area (Å²) in [6.07, 6.45) is 8.18. The summed E-state index contributed by atoms with van der Waals surface area (Å²) >= 11 is 0. The van der Waals surface area contributed by atoms with Gasteiger partial charge in [0, 0.05) is 6.20 Å². The minimum absolute atomic E-state index is 0.196. The lowest BCUT2D eigenvalue weighted by Crippen LogP contribution is -2.21. The number of ether oxygens (including phenoxy) is 1. The van der Waals surface area contributed by atoms with Crippen molar-refractivity contribution < 1.29 is 4.74 Å². The second kappa shape index (κ2) is 4.33. The predicted octanol–water partition coefficient (Wildman–Crippen LogP) is 2.84. The van der Waals surface area contributed by atoms with Gasteiger partial charge in [0.15, 0.2) is 0 Å². The van der Waals surface area contributed by atoms with Crippen LogP contribution in [0.2, 0.25) is 0 Å². The Kier molecular flexibility index (Phi) is 2.67. The summed E-state index contributed by atoms with van der Waals surface area (Å²) in [6, 6.07) is 6.52. The van der Waals surface area contributed by atoms with E-state index in [4.69, 9.17) is 9.73 Å². The summed E-state index contributed by atoms with van der Waals surface area (Å²) in [6.45, 7) is 2.96. The van der Waals surface area contributed by atoms with Gasteiger partial charge in [0.2, 0.25) is 0 Å². The van der Waals surface area contributed by atoms with Crippen LogP contribution in [0.4, 0.5) is 0 Å². The quantitative estimate of drug-likeness (QED) is 0.794. The zero-order chi connectivity index (χ0) is 12.5. The Hall–Kier alpha value is -2.03. The van der Waals surface area contributed by atoms with Crippen molar-refractivity contribution in [3.05, 3.63) is 53.8 Å². The van der Waals surface area contributed by atoms with Crippen molar-refractivity contribution in [3.63, 3.8) is 0 Å². The number of aryl methyl sites for hydroxylation is 1. The number of fused-ring (bicyclic) bond motifs is 1. The van der Waals surface area contributed by atoms with Gasteiger partial charge in [0.25, 0.3) is 0 Å². The number of benzene rings is 1. The Morgan fingerprint density at radius 1 is 1.33 bits per heavy atom. The van der Waals surface area contributed by atoms with Crippen molar-refractivity contribution in [1.29, 1.82) is 0 Å². The first-order valence-electron chi connectivity index (χ1n) is 6.12. The third-order valence-electron chi connectivity index (χ3n) is 3.39. The standard InChI is InChI=1S/C15H16N2O/c1-11-6-7-12(9-14(11)18-2)13-10-17-8-4-3-5-15(17)16-13/h3-9,13H,10H2,1-2H3. The summed E-state index contributed by atoms with van der Waals surface area (Å²) in [5.41, 5.74) is 2.37. The number of nitrogens with zero attached hydrogens (tertiary/aromatic N) is 2. The third kappa shape index (κ3) is 1.82. The lowest BCUT2D eigenvalue weighted by Gasteiger charge is -2.16. The smallest absolute Gasteiger partial charge is 0.128 e. The first-order chi connectivity index (χ1) is 8.78. The topological polar surface area (TPSA) is 24.8 Å². The minimum atomic E-state index is 0.196. The molecule has 1 unspecified atom stereocenters. The van der Waals surface area contributed by atoms with E-state index in [1.165, 1.54) is 5.56 Å². The highest BCUT2D eigenvalue weighted by Gasteiger charge is 2.24. The molecule has 2 aliphatic rings. The Morgan fingerprint density at radius 3 is 3.00 bits per heavy atom. The number of hydrogen-bond acceptors (Lipinski definition) is 3. The van der Waals surface area contributed by atoms with Gasteiger partial charge in [-0.25, -0.2) is 0 Å². The minimum Gasteiger partial charge on any atom is -0.496 e. The van der Waals surface area contributed by atoms with Gasteiger partial charge in [-0.3, -0.25) is 4.99 Å². The summed E-state index contributed by atoms with van der Waals surface area (Å²) < 4.78 is 5.37. The molecule has 2 aliphatic heterocycles. The van der Waals surface area contributed by atoms with E-state index >= 15 is 0 Å². The molecule has 0 saturated heterocycles. The molecule has 0 saturated carbocycles. The predicted molar refractivity (Wildman–Crippen MR) is 72.9 cm³/mol. The molecule has 1 atom stereocenters. The molecule has 0 aromatic heterocycles. The van der Waals surface area contributed by atoms with Crippen LogP contribution >= 0.6 is 0 Å². The zero-order valence-electron chi connectivity index (χ0n) is 10.6. The first kappa shape index (κ1) is 11.1. The molecule has 0 bridgehead atoms. The van der Waals surface area contributed by atoms with Crippen molar-refractivity contribution in [1.82, 2.24) is 4.90 Å². The van der Waals surface area contributed by atoms with E-state index in [1.54, 1.807) is 7.11 Å². The van der Waals surface area contributed by atoms with Crippen molar-refractivity contribution in [2.45, 2.75) is 13.0 Å². The Morgan fingerprint density at radius 2 is 2.22 bits per heavy atom. The number of hydrogen-bond donors (Lipinski definition) is 0. The average Bonchev–Trinajstić information content (AvgIpc) is 2.83. The van der Waals surface area contributed by atoms with Gasteiger partial charge in [-0.05, 0) is 36.3 Å². The number of amidine groups is 1. The van der Waals surface area contributed by atoms with E-state index in [-0.39, 0.29) is 6.04 Å². The number of rotatable bonds is 2.